The van der Waals surface area contributed by atoms with Crippen molar-refractivity contribution in [3.8, 4) is 0 Å². The van der Waals surface area contributed by atoms with E-state index in [1.807, 2.05) is 0 Å². The molecule has 0 radical (unpaired) electrons. The second-order valence-electron chi connectivity index (χ2n) is 3.94. The summed E-state index contributed by atoms with van der Waals surface area (Å²) in [6.07, 6.45) is 1.77. The van der Waals surface area contributed by atoms with Crippen LogP contribution < -0.4 is 10.6 Å². The molecule has 0 saturated carbocycles. The van der Waals surface area contributed by atoms with Gasteiger partial charge < -0.3 is 10.1 Å². The minimum Gasteiger partial charge on any atom is -0.466 e. The molecule has 6 nitrogen and oxygen atoms in total. The average Bonchev–Trinajstić information content (AvgIpc) is 2.50. The van der Waals surface area contributed by atoms with E-state index in [1.54, 1.807) is 6.92 Å². The number of allylic oxidation sites excluding steroid dienone is 1. The monoisotopic (exact) mass is 240 g/mol. The number of rotatable bonds is 5. The fourth-order valence-electron chi connectivity index (χ4n) is 1.78. The third-order valence-corrected chi connectivity index (χ3v) is 2.74. The number of carbonyl (C=O) groups is 3. The summed E-state index contributed by atoms with van der Waals surface area (Å²) in [5, 5.41) is 4.57. The molecule has 6 heteroatoms. The maximum Gasteiger partial charge on any atom is 0.322 e. The van der Waals surface area contributed by atoms with Gasteiger partial charge in [0.25, 0.3) is 5.91 Å². The second kappa shape index (κ2) is 4.99. The van der Waals surface area contributed by atoms with Gasteiger partial charge >= 0.3 is 12.0 Å². The lowest BCUT2D eigenvalue weighted by atomic mass is 9.83. The first kappa shape index (κ1) is 13.2. The molecule has 1 heterocycles. The number of hydrogen-bond acceptors (Lipinski definition) is 4. The molecule has 0 bridgehead atoms. The predicted octanol–water partition coefficient (Wildman–Crippen LogP) is 0.340. The Kier molecular flexibility index (Phi) is 3.88. The summed E-state index contributed by atoms with van der Waals surface area (Å²) in [5.74, 6) is -1.82. The normalized spacial score (nSPS) is 24.8. The quantitative estimate of drug-likeness (QED) is 0.412. The second-order valence-corrected chi connectivity index (χ2v) is 3.94. The molecule has 17 heavy (non-hydrogen) atoms. The van der Waals surface area contributed by atoms with Crippen molar-refractivity contribution < 1.29 is 19.1 Å². The maximum atomic E-state index is 11.8. The van der Waals surface area contributed by atoms with E-state index in [4.69, 9.17) is 4.74 Å². The van der Waals surface area contributed by atoms with E-state index in [0.717, 1.165) is 0 Å². The molecule has 3 amide bonds. The van der Waals surface area contributed by atoms with Crippen LogP contribution in [-0.2, 0) is 14.3 Å². The van der Waals surface area contributed by atoms with Crippen LogP contribution in [0.1, 0.15) is 20.3 Å². The van der Waals surface area contributed by atoms with Crippen LogP contribution in [0.4, 0.5) is 4.79 Å². The molecule has 1 aliphatic heterocycles. The number of amides is 3. The van der Waals surface area contributed by atoms with Crippen molar-refractivity contribution in [1.29, 1.82) is 0 Å². The molecule has 0 aromatic carbocycles. The van der Waals surface area contributed by atoms with Crippen LogP contribution in [-0.4, -0.2) is 30.1 Å². The first-order valence-electron chi connectivity index (χ1n) is 5.36. The first-order chi connectivity index (χ1) is 7.95. The predicted molar refractivity (Wildman–Crippen MR) is 60.0 cm³/mol. The average molecular weight is 240 g/mol. The van der Waals surface area contributed by atoms with E-state index in [9.17, 15) is 14.4 Å². The lowest BCUT2D eigenvalue weighted by Crippen LogP contribution is -2.53. The number of nitrogens with one attached hydrogen (secondary N) is 2. The lowest BCUT2D eigenvalue weighted by molar-refractivity contribution is -0.152. The van der Waals surface area contributed by atoms with Crippen LogP contribution in [0.5, 0.6) is 0 Å². The Morgan fingerprint density at radius 3 is 2.65 bits per heavy atom. The van der Waals surface area contributed by atoms with E-state index in [2.05, 4.69) is 17.2 Å². The van der Waals surface area contributed by atoms with Crippen molar-refractivity contribution in [2.75, 3.05) is 6.61 Å². The van der Waals surface area contributed by atoms with Gasteiger partial charge in [-0.2, -0.15) is 0 Å². The first-order valence-corrected chi connectivity index (χ1v) is 5.36. The summed E-state index contributed by atoms with van der Waals surface area (Å²) in [4.78, 5) is 34.6. The standard InChI is InChI=1S/C11H16N2O4/c1-4-6-7(8(14)17-5-2)11(3)9(15)12-10(16)13-11/h4,7H,1,5-6H2,2-3H3,(H2,12,13,15,16). The highest BCUT2D eigenvalue weighted by molar-refractivity contribution is 6.08. The number of ether oxygens (including phenoxy) is 1. The van der Waals surface area contributed by atoms with Crippen molar-refractivity contribution in [2.24, 2.45) is 5.92 Å². The van der Waals surface area contributed by atoms with Crippen molar-refractivity contribution in [3.63, 3.8) is 0 Å². The third kappa shape index (κ3) is 2.46. The zero-order valence-electron chi connectivity index (χ0n) is 9.91. The molecule has 0 aliphatic carbocycles. The topological polar surface area (TPSA) is 84.5 Å². The van der Waals surface area contributed by atoms with Crippen molar-refractivity contribution in [2.45, 2.75) is 25.8 Å². The van der Waals surface area contributed by atoms with Gasteiger partial charge in [-0.25, -0.2) is 4.79 Å². The van der Waals surface area contributed by atoms with Crippen LogP contribution in [0, 0.1) is 5.92 Å². The van der Waals surface area contributed by atoms with Gasteiger partial charge in [0.2, 0.25) is 0 Å². The molecule has 0 aromatic heterocycles. The number of hydrogen-bond donors (Lipinski definition) is 2. The SMILES string of the molecule is C=CCC(C(=O)OCC)C1(C)NC(=O)NC1=O. The number of esters is 1. The summed E-state index contributed by atoms with van der Waals surface area (Å²) < 4.78 is 4.90. The summed E-state index contributed by atoms with van der Waals surface area (Å²) in [5.41, 5.74) is -1.28. The van der Waals surface area contributed by atoms with Gasteiger partial charge in [-0.05, 0) is 20.3 Å². The van der Waals surface area contributed by atoms with Gasteiger partial charge in [0.05, 0.1) is 12.5 Å². The molecule has 2 N–H and O–H groups in total. The Morgan fingerprint density at radius 2 is 2.24 bits per heavy atom. The van der Waals surface area contributed by atoms with Crippen LogP contribution >= 0.6 is 0 Å². The zero-order chi connectivity index (χ0) is 13.1. The van der Waals surface area contributed by atoms with E-state index in [1.165, 1.54) is 13.0 Å². The van der Waals surface area contributed by atoms with E-state index >= 15 is 0 Å². The Hall–Kier alpha value is -1.85. The molecule has 1 aliphatic rings. The molecular formula is C11H16N2O4. The smallest absolute Gasteiger partial charge is 0.322 e. The van der Waals surface area contributed by atoms with E-state index in [-0.39, 0.29) is 13.0 Å². The minimum atomic E-state index is -1.28. The summed E-state index contributed by atoms with van der Waals surface area (Å²) in [6.45, 7) is 6.94. The number of imide groups is 1. The molecule has 2 unspecified atom stereocenters. The molecular weight excluding hydrogens is 224 g/mol. The van der Waals surface area contributed by atoms with Gasteiger partial charge in [-0.3, -0.25) is 14.9 Å². The van der Waals surface area contributed by atoms with Gasteiger partial charge in [-0.1, -0.05) is 6.08 Å². The molecule has 1 rings (SSSR count). The number of urea groups is 1. The Labute approximate surface area is 99.4 Å². The highest BCUT2D eigenvalue weighted by atomic mass is 16.5. The number of carbonyl (C=O) groups excluding carboxylic acids is 3. The largest absolute Gasteiger partial charge is 0.466 e. The van der Waals surface area contributed by atoms with E-state index in [0.29, 0.717) is 0 Å². The summed E-state index contributed by atoms with van der Waals surface area (Å²) >= 11 is 0. The van der Waals surface area contributed by atoms with Crippen LogP contribution in [0.25, 0.3) is 0 Å². The third-order valence-electron chi connectivity index (χ3n) is 2.74. The molecule has 1 fully saturated rings. The van der Waals surface area contributed by atoms with Crippen molar-refractivity contribution in [3.05, 3.63) is 12.7 Å². The van der Waals surface area contributed by atoms with Gasteiger partial charge in [0, 0.05) is 0 Å². The lowest BCUT2D eigenvalue weighted by Gasteiger charge is -2.28. The zero-order valence-corrected chi connectivity index (χ0v) is 9.91. The van der Waals surface area contributed by atoms with Crippen molar-refractivity contribution >= 4 is 17.9 Å². The van der Waals surface area contributed by atoms with Gasteiger partial charge in [0.15, 0.2) is 0 Å². The van der Waals surface area contributed by atoms with Crippen LogP contribution in [0.3, 0.4) is 0 Å². The Balaban J connectivity index is 2.97. The van der Waals surface area contributed by atoms with Crippen LogP contribution in [0.2, 0.25) is 0 Å². The van der Waals surface area contributed by atoms with E-state index < -0.39 is 29.4 Å². The fourth-order valence-corrected chi connectivity index (χ4v) is 1.78. The van der Waals surface area contributed by atoms with Crippen molar-refractivity contribution in [1.82, 2.24) is 10.6 Å². The van der Waals surface area contributed by atoms with Crippen LogP contribution in [0.15, 0.2) is 12.7 Å². The van der Waals surface area contributed by atoms with Gasteiger partial charge in [-0.15, -0.1) is 6.58 Å². The summed E-state index contributed by atoms with van der Waals surface area (Å²) in [6, 6.07) is -0.601. The van der Waals surface area contributed by atoms with Gasteiger partial charge in [0.1, 0.15) is 5.54 Å². The molecule has 2 atom stereocenters. The molecule has 0 aromatic rings. The molecule has 0 spiro atoms. The summed E-state index contributed by atoms with van der Waals surface area (Å²) in [7, 11) is 0. The Bertz CT molecular complexity index is 366. The highest BCUT2D eigenvalue weighted by Crippen LogP contribution is 2.26. The molecule has 1 saturated heterocycles. The highest BCUT2D eigenvalue weighted by Gasteiger charge is 2.51. The maximum absolute atomic E-state index is 11.8. The fraction of sp³-hybridized carbons (Fsp3) is 0.545. The Morgan fingerprint density at radius 1 is 1.59 bits per heavy atom. The minimum absolute atomic E-state index is 0.220. The molecule has 94 valence electrons.